The van der Waals surface area contributed by atoms with Gasteiger partial charge < -0.3 is 10.8 Å². The number of aromatic nitrogens is 1. The van der Waals surface area contributed by atoms with Crippen LogP contribution in [0.1, 0.15) is 10.6 Å². The van der Waals surface area contributed by atoms with Gasteiger partial charge in [-0.3, -0.25) is 10.1 Å². The number of carboxylic acid groups (broad SMARTS) is 1. The maximum Gasteiger partial charge on any atom is 0.321 e. The normalized spacial score (nSPS) is 21.1. The fourth-order valence-corrected chi connectivity index (χ4v) is 2.17. The van der Waals surface area contributed by atoms with E-state index in [1.807, 2.05) is 0 Å². The first-order valence-electron chi connectivity index (χ1n) is 3.87. The molecule has 0 aliphatic carbocycles. The van der Waals surface area contributed by atoms with Gasteiger partial charge in [0.2, 0.25) is 0 Å². The first kappa shape index (κ1) is 8.46. The minimum Gasteiger partial charge on any atom is -0.480 e. The number of anilines is 1. The number of nitrogens with zero attached hydrogens (tertiary/aromatic N) is 1. The molecule has 1 aliphatic rings. The summed E-state index contributed by atoms with van der Waals surface area (Å²) in [5, 5.41) is 12.2. The first-order chi connectivity index (χ1) is 6.16. The van der Waals surface area contributed by atoms with Crippen LogP contribution in [0.2, 0.25) is 0 Å². The summed E-state index contributed by atoms with van der Waals surface area (Å²) in [7, 11) is 0. The van der Waals surface area contributed by atoms with E-state index in [9.17, 15) is 4.79 Å². The lowest BCUT2D eigenvalue weighted by molar-refractivity contribution is -0.139. The van der Waals surface area contributed by atoms with Gasteiger partial charge in [-0.1, -0.05) is 0 Å². The number of rotatable bonds is 1. The Labute approximate surface area is 78.6 Å². The summed E-state index contributed by atoms with van der Waals surface area (Å²) < 4.78 is 0. The van der Waals surface area contributed by atoms with E-state index in [0.29, 0.717) is 18.1 Å². The van der Waals surface area contributed by atoms with Crippen LogP contribution in [0, 0.1) is 0 Å². The average molecular weight is 199 g/mol. The topological polar surface area (TPSA) is 88.2 Å². The summed E-state index contributed by atoms with van der Waals surface area (Å²) in [6.07, 6.45) is 0.429. The molecule has 1 aromatic rings. The number of hydrogen-bond acceptors (Lipinski definition) is 5. The third-order valence-corrected chi connectivity index (χ3v) is 2.93. The second-order valence-electron chi connectivity index (χ2n) is 2.90. The molecule has 0 radical (unpaired) electrons. The molecule has 0 saturated carbocycles. The van der Waals surface area contributed by atoms with E-state index >= 15 is 0 Å². The van der Waals surface area contributed by atoms with Gasteiger partial charge >= 0.3 is 5.97 Å². The van der Waals surface area contributed by atoms with Crippen molar-refractivity contribution in [1.29, 1.82) is 0 Å². The highest BCUT2D eigenvalue weighted by Crippen LogP contribution is 2.24. The van der Waals surface area contributed by atoms with Crippen LogP contribution in [0.5, 0.6) is 0 Å². The second kappa shape index (κ2) is 2.97. The summed E-state index contributed by atoms with van der Waals surface area (Å²) in [4.78, 5) is 15.8. The van der Waals surface area contributed by atoms with Crippen LogP contribution in [0.25, 0.3) is 0 Å². The van der Waals surface area contributed by atoms with E-state index in [-0.39, 0.29) is 0 Å². The highest BCUT2D eigenvalue weighted by molar-refractivity contribution is 7.15. The van der Waals surface area contributed by atoms with Crippen molar-refractivity contribution in [2.45, 2.75) is 19.0 Å². The van der Waals surface area contributed by atoms with Crippen molar-refractivity contribution in [3.8, 4) is 0 Å². The number of nitrogens with one attached hydrogen (secondary N) is 1. The highest BCUT2D eigenvalue weighted by Gasteiger charge is 2.25. The molecule has 5 nitrogen and oxygen atoms in total. The number of hydrogen-bond donors (Lipinski definition) is 3. The molecule has 0 bridgehead atoms. The number of carbonyl (C=O) groups is 1. The quantitative estimate of drug-likeness (QED) is 0.584. The molecule has 6 heteroatoms. The molecule has 0 saturated heterocycles. The van der Waals surface area contributed by atoms with E-state index in [4.69, 9.17) is 10.8 Å². The summed E-state index contributed by atoms with van der Waals surface area (Å²) >= 11 is 1.42. The van der Waals surface area contributed by atoms with Gasteiger partial charge in [0.15, 0.2) is 5.13 Å². The lowest BCUT2D eigenvalue weighted by atomic mass is 10.1. The molecular formula is C7H9N3O2S. The Bertz CT molecular complexity index is 350. The number of aliphatic carboxylic acids is 1. The van der Waals surface area contributed by atoms with Gasteiger partial charge in [0.25, 0.3) is 0 Å². The number of fused-ring (bicyclic) bond motifs is 1. The smallest absolute Gasteiger partial charge is 0.321 e. The number of carboxylic acids is 1. The molecule has 2 rings (SSSR count). The van der Waals surface area contributed by atoms with Gasteiger partial charge in [-0.05, 0) is 0 Å². The van der Waals surface area contributed by atoms with Crippen molar-refractivity contribution < 1.29 is 9.90 Å². The summed E-state index contributed by atoms with van der Waals surface area (Å²) in [5.74, 6) is -0.836. The van der Waals surface area contributed by atoms with E-state index in [1.54, 1.807) is 0 Å². The van der Waals surface area contributed by atoms with Gasteiger partial charge in [-0.25, -0.2) is 4.98 Å². The molecule has 1 unspecified atom stereocenters. The predicted molar refractivity (Wildman–Crippen MR) is 48.5 cm³/mol. The van der Waals surface area contributed by atoms with Gasteiger partial charge in [0.05, 0.1) is 5.69 Å². The molecule has 0 aromatic carbocycles. The SMILES string of the molecule is Nc1nc2c(s1)CNC(C(=O)O)C2. The molecule has 4 N–H and O–H groups in total. The van der Waals surface area contributed by atoms with Crippen molar-refractivity contribution in [1.82, 2.24) is 10.3 Å². The Morgan fingerprint density at radius 2 is 2.54 bits per heavy atom. The van der Waals surface area contributed by atoms with Crippen molar-refractivity contribution in [2.75, 3.05) is 5.73 Å². The molecule has 0 spiro atoms. The zero-order valence-corrected chi connectivity index (χ0v) is 7.60. The lowest BCUT2D eigenvalue weighted by Gasteiger charge is -2.18. The van der Waals surface area contributed by atoms with Gasteiger partial charge in [0.1, 0.15) is 6.04 Å². The third kappa shape index (κ3) is 1.50. The molecular weight excluding hydrogens is 190 g/mol. The van der Waals surface area contributed by atoms with Gasteiger partial charge in [0, 0.05) is 17.8 Å². The largest absolute Gasteiger partial charge is 0.480 e. The minimum atomic E-state index is -0.836. The highest BCUT2D eigenvalue weighted by atomic mass is 32.1. The fraction of sp³-hybridized carbons (Fsp3) is 0.429. The van der Waals surface area contributed by atoms with Crippen LogP contribution in [-0.2, 0) is 17.8 Å². The maximum atomic E-state index is 10.7. The molecule has 1 aromatic heterocycles. The predicted octanol–water partition coefficient (Wildman–Crippen LogP) is -0.176. The van der Waals surface area contributed by atoms with Crippen LogP contribution in [0.15, 0.2) is 0 Å². The Morgan fingerprint density at radius 1 is 1.77 bits per heavy atom. The second-order valence-corrected chi connectivity index (χ2v) is 4.01. The lowest BCUT2D eigenvalue weighted by Crippen LogP contribution is -2.41. The van der Waals surface area contributed by atoms with E-state index in [2.05, 4.69) is 10.3 Å². The Balaban J connectivity index is 2.24. The zero-order chi connectivity index (χ0) is 9.42. The van der Waals surface area contributed by atoms with Crippen LogP contribution in [0.3, 0.4) is 0 Å². The minimum absolute atomic E-state index is 0.429. The average Bonchev–Trinajstić information content (AvgIpc) is 2.42. The maximum absolute atomic E-state index is 10.7. The standard InChI is InChI=1S/C7H9N3O2S/c8-7-10-3-1-4(6(11)12)9-2-5(3)13-7/h4,9H,1-2H2,(H2,8,10)(H,11,12). The third-order valence-electron chi connectivity index (χ3n) is 2.00. The Hall–Kier alpha value is -1.14. The van der Waals surface area contributed by atoms with Crippen molar-refractivity contribution in [3.63, 3.8) is 0 Å². The Kier molecular flexibility index (Phi) is 1.93. The van der Waals surface area contributed by atoms with Crippen molar-refractivity contribution >= 4 is 22.4 Å². The number of thiazole rings is 1. The molecule has 70 valence electrons. The van der Waals surface area contributed by atoms with Crippen molar-refractivity contribution in [2.24, 2.45) is 0 Å². The zero-order valence-electron chi connectivity index (χ0n) is 6.78. The van der Waals surface area contributed by atoms with E-state index in [0.717, 1.165) is 10.6 Å². The molecule has 0 fully saturated rings. The first-order valence-corrected chi connectivity index (χ1v) is 4.68. The van der Waals surface area contributed by atoms with Gasteiger partial charge in [-0.15, -0.1) is 11.3 Å². The van der Waals surface area contributed by atoms with Crippen LogP contribution < -0.4 is 11.1 Å². The fourth-order valence-electron chi connectivity index (χ4n) is 1.36. The van der Waals surface area contributed by atoms with Crippen LogP contribution >= 0.6 is 11.3 Å². The molecule has 1 aliphatic heterocycles. The number of nitrogen functional groups attached to an aromatic ring is 1. The summed E-state index contributed by atoms with van der Waals surface area (Å²) in [5.41, 5.74) is 6.34. The van der Waals surface area contributed by atoms with Crippen molar-refractivity contribution in [3.05, 3.63) is 10.6 Å². The van der Waals surface area contributed by atoms with Crippen LogP contribution in [-0.4, -0.2) is 22.1 Å². The molecule has 1 atom stereocenters. The van der Waals surface area contributed by atoms with E-state index in [1.165, 1.54) is 11.3 Å². The summed E-state index contributed by atoms with van der Waals surface area (Å²) in [6.45, 7) is 0.557. The molecule has 2 heterocycles. The molecule has 13 heavy (non-hydrogen) atoms. The summed E-state index contributed by atoms with van der Waals surface area (Å²) in [6, 6.07) is -0.519. The van der Waals surface area contributed by atoms with Gasteiger partial charge in [-0.2, -0.15) is 0 Å². The number of nitrogens with two attached hydrogens (primary N) is 1. The van der Waals surface area contributed by atoms with Crippen LogP contribution in [0.4, 0.5) is 5.13 Å². The molecule has 0 amide bonds. The van der Waals surface area contributed by atoms with E-state index < -0.39 is 12.0 Å². The monoisotopic (exact) mass is 199 g/mol. The Morgan fingerprint density at radius 3 is 3.23 bits per heavy atom.